The van der Waals surface area contributed by atoms with Crippen LogP contribution in [-0.2, 0) is 6.54 Å². The summed E-state index contributed by atoms with van der Waals surface area (Å²) >= 11 is 15.3. The average molecular weight is 349 g/mol. The van der Waals surface area contributed by atoms with Crippen LogP contribution < -0.4 is 5.32 Å². The highest BCUT2D eigenvalue weighted by molar-refractivity contribution is 9.10. The molecule has 0 bridgehead atoms. The van der Waals surface area contributed by atoms with Crippen LogP contribution in [0.4, 0.5) is 10.1 Å². The van der Waals surface area contributed by atoms with E-state index in [1.165, 1.54) is 12.1 Å². The lowest BCUT2D eigenvalue weighted by Gasteiger charge is -2.10. The van der Waals surface area contributed by atoms with Gasteiger partial charge in [-0.2, -0.15) is 0 Å². The van der Waals surface area contributed by atoms with Crippen LogP contribution in [0.2, 0.25) is 10.0 Å². The van der Waals surface area contributed by atoms with Crippen molar-refractivity contribution in [1.29, 1.82) is 0 Å². The third-order valence-electron chi connectivity index (χ3n) is 2.41. The summed E-state index contributed by atoms with van der Waals surface area (Å²) in [6.45, 7) is 0.457. The Hall–Kier alpha value is -0.770. The van der Waals surface area contributed by atoms with Crippen molar-refractivity contribution < 1.29 is 4.39 Å². The molecule has 1 nitrogen and oxygen atoms in total. The molecule has 2 aromatic rings. The van der Waals surface area contributed by atoms with Gasteiger partial charge in [-0.25, -0.2) is 4.39 Å². The Balaban J connectivity index is 2.16. The smallest absolute Gasteiger partial charge is 0.123 e. The summed E-state index contributed by atoms with van der Waals surface area (Å²) in [5.74, 6) is -0.271. The molecule has 0 fully saturated rings. The van der Waals surface area contributed by atoms with Gasteiger partial charge in [-0.3, -0.25) is 0 Å². The van der Waals surface area contributed by atoms with Gasteiger partial charge in [-0.15, -0.1) is 0 Å². The van der Waals surface area contributed by atoms with E-state index in [4.69, 9.17) is 23.2 Å². The van der Waals surface area contributed by atoms with Crippen LogP contribution in [0, 0.1) is 5.82 Å². The minimum Gasteiger partial charge on any atom is -0.380 e. The number of benzene rings is 2. The van der Waals surface area contributed by atoms with E-state index in [0.717, 1.165) is 15.7 Å². The summed E-state index contributed by atoms with van der Waals surface area (Å²) in [7, 11) is 0. The van der Waals surface area contributed by atoms with E-state index in [1.54, 1.807) is 24.3 Å². The second kappa shape index (κ2) is 5.91. The zero-order valence-electron chi connectivity index (χ0n) is 9.18. The zero-order valence-corrected chi connectivity index (χ0v) is 12.3. The molecule has 0 spiro atoms. The molecule has 5 heteroatoms. The van der Waals surface area contributed by atoms with E-state index >= 15 is 0 Å². The summed E-state index contributed by atoms with van der Waals surface area (Å²) in [6, 6.07) is 9.71. The molecule has 0 heterocycles. The van der Waals surface area contributed by atoms with Gasteiger partial charge in [0, 0.05) is 16.0 Å². The molecular formula is C13H9BrCl2FN. The molecule has 94 valence electrons. The number of hydrogen-bond acceptors (Lipinski definition) is 1. The third-order valence-corrected chi connectivity index (χ3v) is 3.74. The molecule has 18 heavy (non-hydrogen) atoms. The quantitative estimate of drug-likeness (QED) is 0.771. The van der Waals surface area contributed by atoms with Crippen molar-refractivity contribution in [2.75, 3.05) is 5.32 Å². The fraction of sp³-hybridized carbons (Fsp3) is 0.0769. The van der Waals surface area contributed by atoms with Crippen LogP contribution >= 0.6 is 39.1 Å². The van der Waals surface area contributed by atoms with E-state index in [2.05, 4.69) is 21.2 Å². The highest BCUT2D eigenvalue weighted by Crippen LogP contribution is 2.27. The van der Waals surface area contributed by atoms with Crippen molar-refractivity contribution in [3.05, 3.63) is 62.3 Å². The molecule has 0 atom stereocenters. The first-order valence-corrected chi connectivity index (χ1v) is 6.74. The van der Waals surface area contributed by atoms with Crippen molar-refractivity contribution in [3.8, 4) is 0 Å². The molecule has 2 aromatic carbocycles. The standard InChI is InChI=1S/C13H9BrCl2FN/c14-11-3-2-10(17)5-8(11)7-18-13-6-9(15)1-4-12(13)16/h1-6,18H,7H2. The number of anilines is 1. The van der Waals surface area contributed by atoms with Gasteiger partial charge in [0.15, 0.2) is 0 Å². The van der Waals surface area contributed by atoms with Gasteiger partial charge in [0.25, 0.3) is 0 Å². The number of rotatable bonds is 3. The molecule has 0 saturated heterocycles. The average Bonchev–Trinajstić information content (AvgIpc) is 2.34. The van der Waals surface area contributed by atoms with Crippen molar-refractivity contribution in [2.45, 2.75) is 6.54 Å². The molecule has 0 amide bonds. The summed E-state index contributed by atoms with van der Waals surface area (Å²) in [6.07, 6.45) is 0. The molecule has 0 saturated carbocycles. The number of hydrogen-bond donors (Lipinski definition) is 1. The van der Waals surface area contributed by atoms with E-state index < -0.39 is 0 Å². The van der Waals surface area contributed by atoms with Gasteiger partial charge in [0.2, 0.25) is 0 Å². The summed E-state index contributed by atoms with van der Waals surface area (Å²) < 4.78 is 14.0. The third kappa shape index (κ3) is 3.37. The largest absolute Gasteiger partial charge is 0.380 e. The molecule has 1 N–H and O–H groups in total. The second-order valence-corrected chi connectivity index (χ2v) is 5.41. The lowest BCUT2D eigenvalue weighted by molar-refractivity contribution is 0.625. The molecule has 0 aliphatic heterocycles. The van der Waals surface area contributed by atoms with Gasteiger partial charge in [-0.1, -0.05) is 39.1 Å². The highest BCUT2D eigenvalue weighted by atomic mass is 79.9. The maximum Gasteiger partial charge on any atom is 0.123 e. The van der Waals surface area contributed by atoms with Gasteiger partial charge >= 0.3 is 0 Å². The van der Waals surface area contributed by atoms with Crippen LogP contribution in [0.3, 0.4) is 0 Å². The molecule has 0 unspecified atom stereocenters. The first-order valence-electron chi connectivity index (χ1n) is 5.19. The van der Waals surface area contributed by atoms with Crippen molar-refractivity contribution >= 4 is 44.8 Å². The molecule has 0 aromatic heterocycles. The maximum atomic E-state index is 13.1. The fourth-order valence-electron chi connectivity index (χ4n) is 1.50. The molecular weight excluding hydrogens is 340 g/mol. The van der Waals surface area contributed by atoms with Gasteiger partial charge in [0.1, 0.15) is 5.82 Å². The van der Waals surface area contributed by atoms with Crippen LogP contribution in [0.1, 0.15) is 5.56 Å². The van der Waals surface area contributed by atoms with Crippen LogP contribution in [0.25, 0.3) is 0 Å². The Labute approximate surface area is 123 Å². The Morgan fingerprint density at radius 1 is 1.11 bits per heavy atom. The molecule has 0 radical (unpaired) electrons. The first-order chi connectivity index (χ1) is 8.56. The SMILES string of the molecule is Fc1ccc(Br)c(CNc2cc(Cl)ccc2Cl)c1. The monoisotopic (exact) mass is 347 g/mol. The first kappa shape index (κ1) is 13.7. The lowest BCUT2D eigenvalue weighted by atomic mass is 10.2. The highest BCUT2D eigenvalue weighted by Gasteiger charge is 2.04. The number of halogens is 4. The molecule has 2 rings (SSSR count). The summed E-state index contributed by atoms with van der Waals surface area (Å²) in [5, 5.41) is 4.30. The Morgan fingerprint density at radius 3 is 2.67 bits per heavy atom. The Bertz CT molecular complexity index is 523. The van der Waals surface area contributed by atoms with E-state index in [9.17, 15) is 4.39 Å². The van der Waals surface area contributed by atoms with Gasteiger partial charge in [-0.05, 0) is 42.0 Å². The number of nitrogens with one attached hydrogen (secondary N) is 1. The van der Waals surface area contributed by atoms with Gasteiger partial charge < -0.3 is 5.32 Å². The predicted molar refractivity (Wildman–Crippen MR) is 77.9 cm³/mol. The maximum absolute atomic E-state index is 13.1. The predicted octanol–water partition coefficient (Wildman–Crippen LogP) is 5.51. The summed E-state index contributed by atoms with van der Waals surface area (Å²) in [4.78, 5) is 0. The van der Waals surface area contributed by atoms with Crippen LogP contribution in [0.5, 0.6) is 0 Å². The van der Waals surface area contributed by atoms with E-state index in [-0.39, 0.29) is 5.82 Å². The minimum absolute atomic E-state index is 0.271. The topological polar surface area (TPSA) is 12.0 Å². The lowest BCUT2D eigenvalue weighted by Crippen LogP contribution is -2.01. The normalized spacial score (nSPS) is 10.4. The Morgan fingerprint density at radius 2 is 1.89 bits per heavy atom. The van der Waals surface area contributed by atoms with Crippen LogP contribution in [0.15, 0.2) is 40.9 Å². The van der Waals surface area contributed by atoms with Crippen molar-refractivity contribution in [1.82, 2.24) is 0 Å². The van der Waals surface area contributed by atoms with E-state index in [1.807, 2.05) is 0 Å². The van der Waals surface area contributed by atoms with Crippen molar-refractivity contribution in [3.63, 3.8) is 0 Å². The van der Waals surface area contributed by atoms with E-state index in [0.29, 0.717) is 16.6 Å². The molecule has 0 aliphatic rings. The summed E-state index contributed by atoms with van der Waals surface area (Å²) in [5.41, 5.74) is 1.53. The van der Waals surface area contributed by atoms with Crippen LogP contribution in [-0.4, -0.2) is 0 Å². The fourth-order valence-corrected chi connectivity index (χ4v) is 2.25. The minimum atomic E-state index is -0.271. The van der Waals surface area contributed by atoms with Gasteiger partial charge in [0.05, 0.1) is 10.7 Å². The van der Waals surface area contributed by atoms with Crippen molar-refractivity contribution in [2.24, 2.45) is 0 Å². The molecule has 0 aliphatic carbocycles. The zero-order chi connectivity index (χ0) is 13.1. The Kier molecular flexibility index (Phi) is 4.49. The second-order valence-electron chi connectivity index (χ2n) is 3.71.